The van der Waals surface area contributed by atoms with E-state index in [1.54, 1.807) is 18.2 Å². The first-order valence-electron chi connectivity index (χ1n) is 6.76. The van der Waals surface area contributed by atoms with Crippen LogP contribution in [0.5, 0.6) is 11.5 Å². The van der Waals surface area contributed by atoms with Gasteiger partial charge in [-0.05, 0) is 37.5 Å². The fraction of sp³-hybridized carbons (Fsp3) is 0.500. The molecule has 0 aliphatic carbocycles. The second kappa shape index (κ2) is 4.13. The Bertz CT molecular complexity index is 531. The lowest BCUT2D eigenvalue weighted by atomic mass is 9.95. The van der Waals surface area contributed by atoms with Gasteiger partial charge in [0.2, 0.25) is 6.79 Å². The summed E-state index contributed by atoms with van der Waals surface area (Å²) in [5.41, 5.74) is 0.632. The van der Waals surface area contributed by atoms with E-state index in [1.807, 2.05) is 0 Å². The quantitative estimate of drug-likeness (QED) is 0.834. The summed E-state index contributed by atoms with van der Waals surface area (Å²) in [4.78, 5) is 12.2. The predicted molar refractivity (Wildman–Crippen MR) is 68.4 cm³/mol. The molecule has 1 aromatic rings. The molecule has 2 saturated heterocycles. The Hall–Kier alpha value is -1.75. The van der Waals surface area contributed by atoms with E-state index in [0.29, 0.717) is 29.1 Å². The van der Waals surface area contributed by atoms with Gasteiger partial charge in [0.1, 0.15) is 0 Å². The number of hydrogen-bond donors (Lipinski definition) is 2. The highest BCUT2D eigenvalue weighted by molar-refractivity contribution is 5.95. The smallest absolute Gasteiger partial charge is 0.251 e. The van der Waals surface area contributed by atoms with E-state index in [2.05, 4.69) is 10.6 Å². The molecular weight excluding hydrogens is 244 g/mol. The van der Waals surface area contributed by atoms with Crippen molar-refractivity contribution in [1.82, 2.24) is 10.6 Å². The average Bonchev–Trinajstić information content (AvgIpc) is 3.13. The highest BCUT2D eigenvalue weighted by Crippen LogP contribution is 2.33. The molecule has 2 fully saturated rings. The molecule has 5 nitrogen and oxygen atoms in total. The van der Waals surface area contributed by atoms with Crippen molar-refractivity contribution in [2.24, 2.45) is 0 Å². The molecule has 0 radical (unpaired) electrons. The van der Waals surface area contributed by atoms with Crippen LogP contribution in [0.15, 0.2) is 18.2 Å². The van der Waals surface area contributed by atoms with Crippen molar-refractivity contribution in [2.75, 3.05) is 6.79 Å². The molecule has 2 N–H and O–H groups in total. The van der Waals surface area contributed by atoms with Crippen molar-refractivity contribution in [1.29, 1.82) is 0 Å². The van der Waals surface area contributed by atoms with E-state index in [-0.39, 0.29) is 18.7 Å². The molecule has 1 amide bonds. The van der Waals surface area contributed by atoms with Crippen molar-refractivity contribution < 1.29 is 14.3 Å². The van der Waals surface area contributed by atoms with Crippen LogP contribution >= 0.6 is 0 Å². The lowest BCUT2D eigenvalue weighted by Gasteiger charge is -2.21. The molecule has 2 bridgehead atoms. The van der Waals surface area contributed by atoms with Gasteiger partial charge >= 0.3 is 0 Å². The van der Waals surface area contributed by atoms with Crippen LogP contribution in [0.4, 0.5) is 0 Å². The van der Waals surface area contributed by atoms with Crippen LogP contribution in [0, 0.1) is 0 Å². The minimum Gasteiger partial charge on any atom is -0.454 e. The molecule has 100 valence electrons. The first-order chi connectivity index (χ1) is 9.29. The summed E-state index contributed by atoms with van der Waals surface area (Å²) in [7, 11) is 0. The minimum atomic E-state index is -0.0300. The number of amides is 1. The van der Waals surface area contributed by atoms with Crippen molar-refractivity contribution in [3.05, 3.63) is 23.8 Å². The van der Waals surface area contributed by atoms with Crippen LogP contribution in [-0.4, -0.2) is 30.8 Å². The van der Waals surface area contributed by atoms with Crippen molar-refractivity contribution in [2.45, 2.75) is 37.4 Å². The fourth-order valence-electron chi connectivity index (χ4n) is 3.27. The second-order valence-corrected chi connectivity index (χ2v) is 5.43. The predicted octanol–water partition coefficient (Wildman–Crippen LogP) is 1.04. The Morgan fingerprint density at radius 3 is 2.95 bits per heavy atom. The van der Waals surface area contributed by atoms with E-state index in [9.17, 15) is 4.79 Å². The summed E-state index contributed by atoms with van der Waals surface area (Å²) in [6, 6.07) is 6.62. The van der Waals surface area contributed by atoms with Crippen molar-refractivity contribution >= 4 is 5.91 Å². The third-order valence-corrected chi connectivity index (χ3v) is 4.25. The molecule has 5 heteroatoms. The second-order valence-electron chi connectivity index (χ2n) is 5.43. The van der Waals surface area contributed by atoms with Gasteiger partial charge in [-0.25, -0.2) is 0 Å². The largest absolute Gasteiger partial charge is 0.454 e. The molecule has 1 aromatic carbocycles. The lowest BCUT2D eigenvalue weighted by Crippen LogP contribution is -2.42. The molecule has 0 saturated carbocycles. The van der Waals surface area contributed by atoms with Crippen LogP contribution < -0.4 is 20.1 Å². The standard InChI is InChI=1S/C14H16N2O3/c17-14(16-11-6-9-2-3-10(11)15-9)8-1-4-12-13(5-8)19-7-18-12/h1,4-5,9-11,15H,2-3,6-7H2,(H,16,17)/t9?,10?,11-/m1/s1. The van der Waals surface area contributed by atoms with Crippen LogP contribution in [0.25, 0.3) is 0 Å². The highest BCUT2D eigenvalue weighted by Gasteiger charge is 2.39. The van der Waals surface area contributed by atoms with E-state index in [4.69, 9.17) is 9.47 Å². The zero-order valence-electron chi connectivity index (χ0n) is 10.5. The van der Waals surface area contributed by atoms with E-state index < -0.39 is 0 Å². The summed E-state index contributed by atoms with van der Waals surface area (Å²) in [5.74, 6) is 1.33. The summed E-state index contributed by atoms with van der Waals surface area (Å²) in [6.45, 7) is 0.233. The Labute approximate surface area is 111 Å². The van der Waals surface area contributed by atoms with Gasteiger partial charge in [-0.2, -0.15) is 0 Å². The van der Waals surface area contributed by atoms with Gasteiger partial charge in [0.15, 0.2) is 11.5 Å². The number of rotatable bonds is 2. The Balaban J connectivity index is 1.48. The van der Waals surface area contributed by atoms with Gasteiger partial charge < -0.3 is 20.1 Å². The van der Waals surface area contributed by atoms with E-state index in [0.717, 1.165) is 12.8 Å². The maximum absolute atomic E-state index is 12.2. The molecule has 0 spiro atoms. The zero-order valence-corrected chi connectivity index (χ0v) is 10.5. The molecule has 3 aliphatic heterocycles. The SMILES string of the molecule is O=C(N[C@@H]1CC2CCC1N2)c1ccc2c(c1)OCO2. The maximum atomic E-state index is 12.2. The first kappa shape index (κ1) is 11.1. The van der Waals surface area contributed by atoms with Crippen LogP contribution in [-0.2, 0) is 0 Å². The third kappa shape index (κ3) is 1.85. The molecule has 4 rings (SSSR count). The molecule has 3 aliphatic rings. The fourth-order valence-corrected chi connectivity index (χ4v) is 3.27. The molecule has 3 atom stereocenters. The van der Waals surface area contributed by atoms with Crippen LogP contribution in [0.1, 0.15) is 29.6 Å². The lowest BCUT2D eigenvalue weighted by molar-refractivity contribution is 0.0930. The number of carbonyl (C=O) groups is 1. The average molecular weight is 260 g/mol. The van der Waals surface area contributed by atoms with Gasteiger partial charge in [-0.1, -0.05) is 0 Å². The molecular formula is C14H16N2O3. The summed E-state index contributed by atoms with van der Waals surface area (Å²) in [6.07, 6.45) is 3.44. The minimum absolute atomic E-state index is 0.0300. The number of ether oxygens (including phenoxy) is 2. The first-order valence-corrected chi connectivity index (χ1v) is 6.76. The molecule has 3 heterocycles. The van der Waals surface area contributed by atoms with Gasteiger partial charge in [-0.3, -0.25) is 4.79 Å². The number of benzene rings is 1. The van der Waals surface area contributed by atoms with Gasteiger partial charge in [0.25, 0.3) is 5.91 Å². The van der Waals surface area contributed by atoms with Gasteiger partial charge in [-0.15, -0.1) is 0 Å². The van der Waals surface area contributed by atoms with Crippen LogP contribution in [0.3, 0.4) is 0 Å². The topological polar surface area (TPSA) is 59.6 Å². The molecule has 2 unspecified atom stereocenters. The maximum Gasteiger partial charge on any atom is 0.251 e. The summed E-state index contributed by atoms with van der Waals surface area (Å²) < 4.78 is 10.5. The highest BCUT2D eigenvalue weighted by atomic mass is 16.7. The van der Waals surface area contributed by atoms with Gasteiger partial charge in [0.05, 0.1) is 0 Å². The third-order valence-electron chi connectivity index (χ3n) is 4.25. The number of carbonyl (C=O) groups excluding carboxylic acids is 1. The number of fused-ring (bicyclic) bond motifs is 3. The normalized spacial score (nSPS) is 30.6. The number of nitrogens with one attached hydrogen (secondary N) is 2. The van der Waals surface area contributed by atoms with Crippen LogP contribution in [0.2, 0.25) is 0 Å². The van der Waals surface area contributed by atoms with Gasteiger partial charge in [0, 0.05) is 23.7 Å². The van der Waals surface area contributed by atoms with E-state index >= 15 is 0 Å². The van der Waals surface area contributed by atoms with Crippen molar-refractivity contribution in [3.63, 3.8) is 0 Å². The Morgan fingerprint density at radius 1 is 1.26 bits per heavy atom. The summed E-state index contributed by atoms with van der Waals surface area (Å²) >= 11 is 0. The Morgan fingerprint density at radius 2 is 2.16 bits per heavy atom. The monoisotopic (exact) mass is 260 g/mol. The van der Waals surface area contributed by atoms with Crippen molar-refractivity contribution in [3.8, 4) is 11.5 Å². The molecule has 0 aromatic heterocycles. The summed E-state index contributed by atoms with van der Waals surface area (Å²) in [5, 5.41) is 6.64. The van der Waals surface area contributed by atoms with E-state index in [1.165, 1.54) is 6.42 Å². The Kier molecular flexibility index (Phi) is 2.41. The molecule has 19 heavy (non-hydrogen) atoms. The zero-order chi connectivity index (χ0) is 12.8. The number of hydrogen-bond acceptors (Lipinski definition) is 4.